The molecule has 0 aliphatic heterocycles. The predicted molar refractivity (Wildman–Crippen MR) is 56.7 cm³/mol. The SMILES string of the molecule is CC(C)C(CN)C(O)c1ccsc1. The Morgan fingerprint density at radius 2 is 2.23 bits per heavy atom. The maximum absolute atomic E-state index is 9.97. The molecule has 2 nitrogen and oxygen atoms in total. The molecular formula is C10H17NOS. The monoisotopic (exact) mass is 199 g/mol. The van der Waals surface area contributed by atoms with E-state index in [4.69, 9.17) is 5.73 Å². The molecule has 0 bridgehead atoms. The summed E-state index contributed by atoms with van der Waals surface area (Å²) in [5, 5.41) is 13.9. The van der Waals surface area contributed by atoms with Crippen LogP contribution in [0.1, 0.15) is 25.5 Å². The van der Waals surface area contributed by atoms with Gasteiger partial charge in [0.15, 0.2) is 0 Å². The van der Waals surface area contributed by atoms with Gasteiger partial charge in [0, 0.05) is 5.92 Å². The van der Waals surface area contributed by atoms with Crippen LogP contribution in [0.25, 0.3) is 0 Å². The van der Waals surface area contributed by atoms with Gasteiger partial charge in [-0.15, -0.1) is 0 Å². The molecule has 0 spiro atoms. The Morgan fingerprint density at radius 1 is 1.54 bits per heavy atom. The minimum absolute atomic E-state index is 0.162. The second-order valence-corrected chi connectivity index (χ2v) is 4.43. The standard InChI is InChI=1S/C10H17NOS/c1-7(2)9(5-11)10(12)8-3-4-13-6-8/h3-4,6-7,9-10,12H,5,11H2,1-2H3. The maximum Gasteiger partial charge on any atom is 0.0840 e. The van der Waals surface area contributed by atoms with Crippen LogP contribution in [-0.4, -0.2) is 11.7 Å². The molecule has 3 N–H and O–H groups in total. The summed E-state index contributed by atoms with van der Waals surface area (Å²) in [4.78, 5) is 0. The zero-order valence-electron chi connectivity index (χ0n) is 8.10. The van der Waals surface area contributed by atoms with Gasteiger partial charge in [-0.25, -0.2) is 0 Å². The number of rotatable bonds is 4. The summed E-state index contributed by atoms with van der Waals surface area (Å²) in [5.41, 5.74) is 6.62. The Kier molecular flexibility index (Phi) is 3.90. The lowest BCUT2D eigenvalue weighted by molar-refractivity contribution is 0.0865. The van der Waals surface area contributed by atoms with Crippen molar-refractivity contribution in [1.29, 1.82) is 0 Å². The number of hydrogen-bond acceptors (Lipinski definition) is 3. The highest BCUT2D eigenvalue weighted by atomic mass is 32.1. The van der Waals surface area contributed by atoms with Crippen molar-refractivity contribution in [1.82, 2.24) is 0 Å². The van der Waals surface area contributed by atoms with Gasteiger partial charge < -0.3 is 10.8 Å². The summed E-state index contributed by atoms with van der Waals surface area (Å²) >= 11 is 1.61. The minimum atomic E-state index is -0.406. The Labute approximate surface area is 83.4 Å². The number of aliphatic hydroxyl groups is 1. The van der Waals surface area contributed by atoms with Gasteiger partial charge in [0.2, 0.25) is 0 Å². The van der Waals surface area contributed by atoms with E-state index in [0.717, 1.165) is 5.56 Å². The first kappa shape index (κ1) is 10.7. The molecule has 0 saturated heterocycles. The molecule has 0 saturated carbocycles. The molecule has 1 rings (SSSR count). The van der Waals surface area contributed by atoms with Crippen molar-refractivity contribution < 1.29 is 5.11 Å². The average Bonchev–Trinajstić information content (AvgIpc) is 2.56. The van der Waals surface area contributed by atoms with Crippen molar-refractivity contribution in [3.63, 3.8) is 0 Å². The molecule has 2 unspecified atom stereocenters. The molecule has 0 fully saturated rings. The lowest BCUT2D eigenvalue weighted by Gasteiger charge is -2.24. The Balaban J connectivity index is 2.70. The molecule has 0 radical (unpaired) electrons. The highest BCUT2D eigenvalue weighted by Gasteiger charge is 2.22. The molecule has 1 heterocycles. The first-order valence-corrected chi connectivity index (χ1v) is 5.51. The lowest BCUT2D eigenvalue weighted by Crippen LogP contribution is -2.26. The highest BCUT2D eigenvalue weighted by Crippen LogP contribution is 2.28. The van der Waals surface area contributed by atoms with Gasteiger partial charge in [0.25, 0.3) is 0 Å². The van der Waals surface area contributed by atoms with Crippen LogP contribution in [0, 0.1) is 11.8 Å². The van der Waals surface area contributed by atoms with Crippen molar-refractivity contribution in [2.24, 2.45) is 17.6 Å². The van der Waals surface area contributed by atoms with Crippen LogP contribution < -0.4 is 5.73 Å². The summed E-state index contributed by atoms with van der Waals surface area (Å²) in [6, 6.07) is 1.96. The molecule has 13 heavy (non-hydrogen) atoms. The van der Waals surface area contributed by atoms with Crippen LogP contribution in [-0.2, 0) is 0 Å². The number of thiophene rings is 1. The molecule has 3 heteroatoms. The van der Waals surface area contributed by atoms with Crippen molar-refractivity contribution in [3.05, 3.63) is 22.4 Å². The van der Waals surface area contributed by atoms with Crippen LogP contribution >= 0.6 is 11.3 Å². The number of hydrogen-bond donors (Lipinski definition) is 2. The fourth-order valence-corrected chi connectivity index (χ4v) is 2.15. The number of nitrogens with two attached hydrogens (primary N) is 1. The quantitative estimate of drug-likeness (QED) is 0.779. The molecule has 0 aromatic carbocycles. The van der Waals surface area contributed by atoms with Gasteiger partial charge in [0.05, 0.1) is 6.10 Å². The van der Waals surface area contributed by atoms with Crippen molar-refractivity contribution in [3.8, 4) is 0 Å². The maximum atomic E-state index is 9.97. The summed E-state index contributed by atoms with van der Waals surface area (Å²) < 4.78 is 0. The van der Waals surface area contributed by atoms with Gasteiger partial charge in [-0.1, -0.05) is 13.8 Å². The van der Waals surface area contributed by atoms with Crippen molar-refractivity contribution >= 4 is 11.3 Å². The van der Waals surface area contributed by atoms with E-state index in [-0.39, 0.29) is 5.92 Å². The third kappa shape index (κ3) is 2.53. The number of aliphatic hydroxyl groups excluding tert-OH is 1. The lowest BCUT2D eigenvalue weighted by atomic mass is 9.88. The molecule has 0 aliphatic rings. The topological polar surface area (TPSA) is 46.2 Å². The van der Waals surface area contributed by atoms with Crippen LogP contribution in [0.5, 0.6) is 0 Å². The largest absolute Gasteiger partial charge is 0.388 e. The summed E-state index contributed by atoms with van der Waals surface area (Å²) in [6.07, 6.45) is -0.406. The zero-order valence-corrected chi connectivity index (χ0v) is 8.92. The van der Waals surface area contributed by atoms with Gasteiger partial charge in [-0.05, 0) is 34.9 Å². The second-order valence-electron chi connectivity index (χ2n) is 3.65. The molecule has 1 aromatic heterocycles. The Bertz CT molecular complexity index is 233. The summed E-state index contributed by atoms with van der Waals surface area (Å²) in [5.74, 6) is 0.578. The summed E-state index contributed by atoms with van der Waals surface area (Å²) in [7, 11) is 0. The van der Waals surface area contributed by atoms with Crippen LogP contribution in [0.2, 0.25) is 0 Å². The van der Waals surface area contributed by atoms with Gasteiger partial charge in [0.1, 0.15) is 0 Å². The first-order valence-electron chi connectivity index (χ1n) is 4.57. The summed E-state index contributed by atoms with van der Waals surface area (Å²) in [6.45, 7) is 4.72. The minimum Gasteiger partial charge on any atom is -0.388 e. The third-order valence-electron chi connectivity index (χ3n) is 2.42. The zero-order chi connectivity index (χ0) is 9.84. The Hall–Kier alpha value is -0.380. The fraction of sp³-hybridized carbons (Fsp3) is 0.600. The van der Waals surface area contributed by atoms with Gasteiger partial charge >= 0.3 is 0 Å². The third-order valence-corrected chi connectivity index (χ3v) is 3.12. The van der Waals surface area contributed by atoms with Crippen molar-refractivity contribution in [2.45, 2.75) is 20.0 Å². The van der Waals surface area contributed by atoms with Crippen LogP contribution in [0.3, 0.4) is 0 Å². The van der Waals surface area contributed by atoms with E-state index in [1.165, 1.54) is 0 Å². The highest BCUT2D eigenvalue weighted by molar-refractivity contribution is 7.07. The van der Waals surface area contributed by atoms with E-state index in [1.807, 2.05) is 16.8 Å². The normalized spacial score (nSPS) is 16.1. The molecule has 74 valence electrons. The molecule has 0 amide bonds. The van der Waals surface area contributed by atoms with E-state index < -0.39 is 6.10 Å². The van der Waals surface area contributed by atoms with Crippen molar-refractivity contribution in [2.75, 3.05) is 6.54 Å². The molecular weight excluding hydrogens is 182 g/mol. The predicted octanol–water partition coefficient (Wildman–Crippen LogP) is 2.01. The van der Waals surface area contributed by atoms with Crippen LogP contribution in [0.15, 0.2) is 16.8 Å². The van der Waals surface area contributed by atoms with E-state index in [9.17, 15) is 5.11 Å². The van der Waals surface area contributed by atoms with Gasteiger partial charge in [-0.2, -0.15) is 11.3 Å². The van der Waals surface area contributed by atoms with E-state index >= 15 is 0 Å². The van der Waals surface area contributed by atoms with E-state index in [0.29, 0.717) is 12.5 Å². The first-order chi connectivity index (χ1) is 6.16. The molecule has 2 atom stereocenters. The van der Waals surface area contributed by atoms with E-state index in [1.54, 1.807) is 11.3 Å². The van der Waals surface area contributed by atoms with E-state index in [2.05, 4.69) is 13.8 Å². The average molecular weight is 199 g/mol. The Morgan fingerprint density at radius 3 is 2.62 bits per heavy atom. The smallest absolute Gasteiger partial charge is 0.0840 e. The molecule has 1 aromatic rings. The van der Waals surface area contributed by atoms with Gasteiger partial charge in [-0.3, -0.25) is 0 Å². The molecule has 0 aliphatic carbocycles. The van der Waals surface area contributed by atoms with Crippen LogP contribution in [0.4, 0.5) is 0 Å². The second kappa shape index (κ2) is 4.74. The fourth-order valence-electron chi connectivity index (χ4n) is 1.46.